The zero-order valence-corrected chi connectivity index (χ0v) is 12.3. The van der Waals surface area contributed by atoms with Crippen LogP contribution in [-0.2, 0) is 10.0 Å². The highest BCUT2D eigenvalue weighted by Gasteiger charge is 2.17. The maximum atomic E-state index is 12.0. The lowest BCUT2D eigenvalue weighted by Crippen LogP contribution is -2.15. The Morgan fingerprint density at radius 2 is 2.20 bits per heavy atom. The number of hydrogen-bond donors (Lipinski definition) is 4. The van der Waals surface area contributed by atoms with E-state index in [9.17, 15) is 8.42 Å². The first-order valence-corrected chi connectivity index (χ1v) is 7.51. The van der Waals surface area contributed by atoms with Gasteiger partial charge in [-0.1, -0.05) is 5.16 Å². The number of nitrogens with two attached hydrogens (primary N) is 1. The number of halogens is 1. The monoisotopic (exact) mass is 359 g/mol. The lowest BCUT2D eigenvalue weighted by Gasteiger charge is -2.09. The van der Waals surface area contributed by atoms with Crippen LogP contribution in [0.15, 0.2) is 45.1 Å². The van der Waals surface area contributed by atoms with Crippen molar-refractivity contribution in [3.8, 4) is 0 Å². The summed E-state index contributed by atoms with van der Waals surface area (Å²) in [4.78, 5) is 0. The number of anilines is 1. The molecule has 20 heavy (non-hydrogen) atoms. The van der Waals surface area contributed by atoms with Crippen LogP contribution < -0.4 is 10.5 Å². The molecule has 0 saturated carbocycles. The summed E-state index contributed by atoms with van der Waals surface area (Å²) in [6.45, 7) is 0. The standard InChI is InChI=1S/C10H10BrN5O3S/c11-7-5-6(10(12)15-17)1-2-8(7)16-20(18,19)9-3-4-13-14-9/h1-5,16-17H,(H2,12,15)(H,13,14). The molecule has 2 rings (SSSR count). The van der Waals surface area contributed by atoms with Gasteiger partial charge in [-0.05, 0) is 40.2 Å². The zero-order valence-electron chi connectivity index (χ0n) is 9.91. The van der Waals surface area contributed by atoms with E-state index in [1.165, 1.54) is 30.5 Å². The number of benzene rings is 1. The van der Waals surface area contributed by atoms with Crippen molar-refractivity contribution in [1.82, 2.24) is 10.2 Å². The van der Waals surface area contributed by atoms with E-state index in [2.05, 4.69) is 36.0 Å². The molecule has 5 N–H and O–H groups in total. The van der Waals surface area contributed by atoms with Gasteiger partial charge in [0.25, 0.3) is 10.0 Å². The first kappa shape index (κ1) is 14.3. The third-order valence-electron chi connectivity index (χ3n) is 2.38. The average Bonchev–Trinajstić information content (AvgIpc) is 2.95. The fourth-order valence-electron chi connectivity index (χ4n) is 1.41. The van der Waals surface area contributed by atoms with E-state index in [4.69, 9.17) is 10.9 Å². The smallest absolute Gasteiger partial charge is 0.278 e. The van der Waals surface area contributed by atoms with Gasteiger partial charge in [0.2, 0.25) is 0 Å². The van der Waals surface area contributed by atoms with Gasteiger partial charge >= 0.3 is 0 Å². The Kier molecular flexibility index (Phi) is 3.95. The molecule has 0 aliphatic rings. The lowest BCUT2D eigenvalue weighted by atomic mass is 10.2. The van der Waals surface area contributed by atoms with E-state index < -0.39 is 10.0 Å². The third kappa shape index (κ3) is 2.91. The van der Waals surface area contributed by atoms with Gasteiger partial charge in [0.05, 0.1) is 11.9 Å². The van der Waals surface area contributed by atoms with E-state index in [0.717, 1.165) is 0 Å². The van der Waals surface area contributed by atoms with Crippen LogP contribution in [0.4, 0.5) is 5.69 Å². The summed E-state index contributed by atoms with van der Waals surface area (Å²) < 4.78 is 26.8. The minimum Gasteiger partial charge on any atom is -0.409 e. The number of amidine groups is 1. The molecule has 2 aromatic rings. The molecule has 0 saturated heterocycles. The Bertz CT molecular complexity index is 742. The molecule has 0 spiro atoms. The molecule has 0 amide bonds. The van der Waals surface area contributed by atoms with E-state index >= 15 is 0 Å². The normalized spacial score (nSPS) is 12.3. The number of aromatic nitrogens is 2. The molecule has 0 aliphatic heterocycles. The van der Waals surface area contributed by atoms with E-state index in [-0.39, 0.29) is 10.9 Å². The number of nitrogens with one attached hydrogen (secondary N) is 2. The van der Waals surface area contributed by atoms with Gasteiger partial charge in [-0.15, -0.1) is 0 Å². The van der Waals surface area contributed by atoms with Gasteiger partial charge < -0.3 is 10.9 Å². The fourth-order valence-corrected chi connectivity index (χ4v) is 3.01. The van der Waals surface area contributed by atoms with Crippen LogP contribution in [0.3, 0.4) is 0 Å². The molecule has 0 fully saturated rings. The van der Waals surface area contributed by atoms with Crippen LogP contribution in [0.25, 0.3) is 0 Å². The molecule has 0 atom stereocenters. The van der Waals surface area contributed by atoms with E-state index in [0.29, 0.717) is 15.7 Å². The maximum absolute atomic E-state index is 12.0. The fraction of sp³-hybridized carbons (Fsp3) is 0. The zero-order chi connectivity index (χ0) is 14.8. The van der Waals surface area contributed by atoms with E-state index in [1.54, 1.807) is 0 Å². The van der Waals surface area contributed by atoms with Crippen LogP contribution in [0.5, 0.6) is 0 Å². The van der Waals surface area contributed by atoms with Gasteiger partial charge in [-0.25, -0.2) is 0 Å². The SMILES string of the molecule is N/C(=N/O)c1ccc(NS(=O)(=O)c2ccn[nH]2)c(Br)c1. The quantitative estimate of drug-likeness (QED) is 0.280. The molecule has 1 heterocycles. The van der Waals surface area contributed by atoms with Crippen molar-refractivity contribution in [3.05, 3.63) is 40.5 Å². The number of rotatable bonds is 4. The Balaban J connectivity index is 2.32. The summed E-state index contributed by atoms with van der Waals surface area (Å²) in [6.07, 6.45) is 1.34. The van der Waals surface area contributed by atoms with Gasteiger partial charge in [0.15, 0.2) is 10.9 Å². The second kappa shape index (κ2) is 5.51. The number of aromatic amines is 1. The minimum absolute atomic E-state index is 0.0510. The average molecular weight is 360 g/mol. The molecule has 0 radical (unpaired) electrons. The molecule has 106 valence electrons. The Morgan fingerprint density at radius 3 is 2.75 bits per heavy atom. The van der Waals surface area contributed by atoms with Crippen LogP contribution in [0, 0.1) is 0 Å². The van der Waals surface area contributed by atoms with Crippen molar-refractivity contribution in [1.29, 1.82) is 0 Å². The summed E-state index contributed by atoms with van der Waals surface area (Å²) >= 11 is 3.22. The van der Waals surface area contributed by atoms with Gasteiger partial charge in [0.1, 0.15) is 0 Å². The van der Waals surface area contributed by atoms with Crippen molar-refractivity contribution in [2.45, 2.75) is 5.03 Å². The summed E-state index contributed by atoms with van der Waals surface area (Å²) in [5.74, 6) is -0.0753. The van der Waals surface area contributed by atoms with Gasteiger partial charge in [0, 0.05) is 10.0 Å². The molecule has 10 heteroatoms. The first-order chi connectivity index (χ1) is 9.44. The first-order valence-electron chi connectivity index (χ1n) is 5.23. The van der Waals surface area contributed by atoms with Crippen LogP contribution in [0.1, 0.15) is 5.56 Å². The molecular formula is C10H10BrN5O3S. The van der Waals surface area contributed by atoms with Gasteiger partial charge in [-0.2, -0.15) is 13.5 Å². The van der Waals surface area contributed by atoms with Crippen LogP contribution in [0.2, 0.25) is 0 Å². The van der Waals surface area contributed by atoms with Crippen molar-refractivity contribution in [3.63, 3.8) is 0 Å². The Labute approximate surface area is 122 Å². The highest BCUT2D eigenvalue weighted by Crippen LogP contribution is 2.25. The summed E-state index contributed by atoms with van der Waals surface area (Å²) in [7, 11) is -3.74. The highest BCUT2D eigenvalue weighted by molar-refractivity contribution is 9.10. The molecule has 8 nitrogen and oxygen atoms in total. The van der Waals surface area contributed by atoms with Crippen molar-refractivity contribution < 1.29 is 13.6 Å². The van der Waals surface area contributed by atoms with Crippen LogP contribution >= 0.6 is 15.9 Å². The summed E-state index contributed by atoms with van der Waals surface area (Å²) in [5, 5.41) is 17.4. The number of oxime groups is 1. The van der Waals surface area contributed by atoms with E-state index in [1.807, 2.05) is 0 Å². The second-order valence-corrected chi connectivity index (χ2v) is 6.21. The molecule has 1 aromatic heterocycles. The van der Waals surface area contributed by atoms with Crippen molar-refractivity contribution >= 4 is 37.5 Å². The molecule has 0 unspecified atom stereocenters. The molecule has 0 aliphatic carbocycles. The Hall–Kier alpha value is -2.07. The summed E-state index contributed by atoms with van der Waals surface area (Å²) in [5.41, 5.74) is 6.21. The van der Waals surface area contributed by atoms with Crippen molar-refractivity contribution in [2.24, 2.45) is 10.9 Å². The molecule has 0 bridgehead atoms. The number of H-pyrrole nitrogens is 1. The maximum Gasteiger partial charge on any atom is 0.278 e. The predicted octanol–water partition coefficient (Wildman–Crippen LogP) is 1.07. The molecular weight excluding hydrogens is 350 g/mol. The topological polar surface area (TPSA) is 133 Å². The van der Waals surface area contributed by atoms with Crippen LogP contribution in [-0.4, -0.2) is 29.7 Å². The minimum atomic E-state index is -3.74. The lowest BCUT2D eigenvalue weighted by molar-refractivity contribution is 0.318. The summed E-state index contributed by atoms with van der Waals surface area (Å²) in [6, 6.07) is 5.87. The Morgan fingerprint density at radius 1 is 1.45 bits per heavy atom. The number of nitrogens with zero attached hydrogens (tertiary/aromatic N) is 2. The number of sulfonamides is 1. The van der Waals surface area contributed by atoms with Gasteiger partial charge in [-0.3, -0.25) is 9.82 Å². The highest BCUT2D eigenvalue weighted by atomic mass is 79.9. The third-order valence-corrected chi connectivity index (χ3v) is 4.33. The second-order valence-electron chi connectivity index (χ2n) is 3.71. The predicted molar refractivity (Wildman–Crippen MR) is 76.0 cm³/mol. The number of hydrogen-bond acceptors (Lipinski definition) is 5. The molecule has 1 aromatic carbocycles. The largest absolute Gasteiger partial charge is 0.409 e. The van der Waals surface area contributed by atoms with Crippen molar-refractivity contribution in [2.75, 3.05) is 4.72 Å².